The average molecular weight is 368 g/mol. The van der Waals surface area contributed by atoms with Gasteiger partial charge in [0.1, 0.15) is 11.2 Å². The van der Waals surface area contributed by atoms with Gasteiger partial charge in [-0.1, -0.05) is 23.2 Å². The number of benzene rings is 2. The minimum atomic E-state index is -0.455. The van der Waals surface area contributed by atoms with Gasteiger partial charge in [-0.25, -0.2) is 4.79 Å². The number of hydrogen-bond donors (Lipinski definition) is 1. The highest BCUT2D eigenvalue weighted by atomic mass is 35.5. The predicted molar refractivity (Wildman–Crippen MR) is 99.6 cm³/mol. The SMILES string of the molecule is Cc1ccc2oc(=O)cc(CNC(=O)c3cc4cc(Cl)ccc4o3)c2c1. The first-order valence-electron chi connectivity index (χ1n) is 8.00. The van der Waals surface area contributed by atoms with E-state index in [9.17, 15) is 9.59 Å². The predicted octanol–water partition coefficient (Wildman–Crippen LogP) is 4.43. The second-order valence-electron chi connectivity index (χ2n) is 6.07. The maximum atomic E-state index is 12.4. The summed E-state index contributed by atoms with van der Waals surface area (Å²) >= 11 is 5.95. The van der Waals surface area contributed by atoms with E-state index in [0.717, 1.165) is 16.3 Å². The van der Waals surface area contributed by atoms with Crippen LogP contribution in [0, 0.1) is 6.92 Å². The minimum Gasteiger partial charge on any atom is -0.451 e. The summed E-state index contributed by atoms with van der Waals surface area (Å²) in [6.07, 6.45) is 0. The van der Waals surface area contributed by atoms with Gasteiger partial charge in [0.25, 0.3) is 5.91 Å². The monoisotopic (exact) mass is 367 g/mol. The lowest BCUT2D eigenvalue weighted by Gasteiger charge is -2.07. The lowest BCUT2D eigenvalue weighted by molar-refractivity contribution is 0.0925. The lowest BCUT2D eigenvalue weighted by atomic mass is 10.1. The summed E-state index contributed by atoms with van der Waals surface area (Å²) in [7, 11) is 0. The molecule has 1 N–H and O–H groups in total. The van der Waals surface area contributed by atoms with Gasteiger partial charge in [-0.3, -0.25) is 4.79 Å². The summed E-state index contributed by atoms with van der Waals surface area (Å²) in [6, 6.07) is 13.7. The van der Waals surface area contributed by atoms with Crippen LogP contribution >= 0.6 is 11.6 Å². The second-order valence-corrected chi connectivity index (χ2v) is 6.50. The second kappa shape index (κ2) is 6.35. The van der Waals surface area contributed by atoms with Crippen LogP contribution in [-0.2, 0) is 6.54 Å². The van der Waals surface area contributed by atoms with Crippen molar-refractivity contribution in [3.05, 3.63) is 80.9 Å². The van der Waals surface area contributed by atoms with Crippen molar-refractivity contribution >= 4 is 39.4 Å². The van der Waals surface area contributed by atoms with Crippen LogP contribution in [0.4, 0.5) is 0 Å². The molecule has 4 rings (SSSR count). The summed E-state index contributed by atoms with van der Waals surface area (Å²) in [5.74, 6) is -0.183. The smallest absolute Gasteiger partial charge is 0.336 e. The number of furan rings is 1. The molecule has 0 atom stereocenters. The Bertz CT molecular complexity index is 1210. The number of fused-ring (bicyclic) bond motifs is 2. The van der Waals surface area contributed by atoms with Crippen LogP contribution in [0.3, 0.4) is 0 Å². The molecule has 0 aliphatic carbocycles. The van der Waals surface area contributed by atoms with Crippen LogP contribution in [-0.4, -0.2) is 5.91 Å². The van der Waals surface area contributed by atoms with Crippen LogP contribution < -0.4 is 10.9 Å². The van der Waals surface area contributed by atoms with Gasteiger partial charge in [0.2, 0.25) is 0 Å². The fraction of sp³-hybridized carbons (Fsp3) is 0.100. The topological polar surface area (TPSA) is 72.5 Å². The maximum Gasteiger partial charge on any atom is 0.336 e. The molecule has 0 aliphatic heterocycles. The van der Waals surface area contributed by atoms with Gasteiger partial charge in [0.05, 0.1) is 0 Å². The first-order chi connectivity index (χ1) is 12.5. The highest BCUT2D eigenvalue weighted by Crippen LogP contribution is 2.23. The van der Waals surface area contributed by atoms with E-state index >= 15 is 0 Å². The Kier molecular flexibility index (Phi) is 4.01. The van der Waals surface area contributed by atoms with E-state index in [0.29, 0.717) is 21.8 Å². The van der Waals surface area contributed by atoms with Gasteiger partial charge in [0, 0.05) is 28.4 Å². The molecule has 0 unspecified atom stereocenters. The Morgan fingerprint density at radius 1 is 1.04 bits per heavy atom. The molecule has 130 valence electrons. The van der Waals surface area contributed by atoms with Gasteiger partial charge >= 0.3 is 5.63 Å². The van der Waals surface area contributed by atoms with Crippen molar-refractivity contribution in [1.29, 1.82) is 0 Å². The molecule has 0 spiro atoms. The number of halogens is 1. The largest absolute Gasteiger partial charge is 0.451 e. The molecule has 2 heterocycles. The van der Waals surface area contributed by atoms with Crippen molar-refractivity contribution in [3.8, 4) is 0 Å². The summed E-state index contributed by atoms with van der Waals surface area (Å²) in [5.41, 5.74) is 2.34. The zero-order chi connectivity index (χ0) is 18.3. The summed E-state index contributed by atoms with van der Waals surface area (Å²) in [6.45, 7) is 2.13. The van der Waals surface area contributed by atoms with Crippen molar-refractivity contribution in [2.75, 3.05) is 0 Å². The number of amides is 1. The van der Waals surface area contributed by atoms with E-state index in [-0.39, 0.29) is 18.2 Å². The van der Waals surface area contributed by atoms with E-state index in [2.05, 4.69) is 5.32 Å². The van der Waals surface area contributed by atoms with Crippen LogP contribution in [0.15, 0.2) is 62.2 Å². The standard InChI is InChI=1S/C20H14ClNO4/c1-11-2-4-17-15(6-11)13(9-19(23)26-17)10-22-20(24)18-8-12-7-14(21)3-5-16(12)25-18/h2-9H,10H2,1H3,(H,22,24). The molecule has 4 aromatic rings. The highest BCUT2D eigenvalue weighted by molar-refractivity contribution is 6.31. The minimum absolute atomic E-state index is 0.183. The third-order valence-electron chi connectivity index (χ3n) is 4.13. The third-order valence-corrected chi connectivity index (χ3v) is 4.36. The first-order valence-corrected chi connectivity index (χ1v) is 8.38. The molecule has 2 aromatic carbocycles. The zero-order valence-corrected chi connectivity index (χ0v) is 14.6. The molecule has 26 heavy (non-hydrogen) atoms. The molecule has 0 bridgehead atoms. The van der Waals surface area contributed by atoms with E-state index in [1.54, 1.807) is 30.3 Å². The number of carbonyl (C=O) groups excluding carboxylic acids is 1. The molecule has 0 fully saturated rings. The van der Waals surface area contributed by atoms with Crippen LogP contribution in [0.5, 0.6) is 0 Å². The number of carbonyl (C=O) groups is 1. The molecule has 0 radical (unpaired) electrons. The fourth-order valence-corrected chi connectivity index (χ4v) is 3.06. The van der Waals surface area contributed by atoms with Gasteiger partial charge in [-0.15, -0.1) is 0 Å². The van der Waals surface area contributed by atoms with Gasteiger partial charge < -0.3 is 14.2 Å². The Labute approximate surface area is 153 Å². The molecule has 0 saturated heterocycles. The Hall–Kier alpha value is -3.05. The molecular formula is C20H14ClNO4. The van der Waals surface area contributed by atoms with Crippen LogP contribution in [0.1, 0.15) is 21.7 Å². The molecule has 6 heteroatoms. The van der Waals surface area contributed by atoms with Crippen molar-refractivity contribution in [3.63, 3.8) is 0 Å². The Morgan fingerprint density at radius 3 is 2.69 bits per heavy atom. The van der Waals surface area contributed by atoms with Crippen molar-refractivity contribution < 1.29 is 13.6 Å². The van der Waals surface area contributed by atoms with Gasteiger partial charge in [-0.2, -0.15) is 0 Å². The van der Waals surface area contributed by atoms with E-state index < -0.39 is 5.63 Å². The Balaban J connectivity index is 1.62. The quantitative estimate of drug-likeness (QED) is 0.544. The molecule has 0 aliphatic rings. The summed E-state index contributed by atoms with van der Waals surface area (Å²) in [4.78, 5) is 24.2. The number of aryl methyl sites for hydroxylation is 1. The number of hydrogen-bond acceptors (Lipinski definition) is 4. The van der Waals surface area contributed by atoms with E-state index in [1.807, 2.05) is 19.1 Å². The molecule has 5 nitrogen and oxygen atoms in total. The van der Waals surface area contributed by atoms with Gasteiger partial charge in [0.15, 0.2) is 5.76 Å². The maximum absolute atomic E-state index is 12.4. The van der Waals surface area contributed by atoms with Crippen LogP contribution in [0.25, 0.3) is 21.9 Å². The lowest BCUT2D eigenvalue weighted by Crippen LogP contribution is -2.23. The number of rotatable bonds is 3. The summed E-state index contributed by atoms with van der Waals surface area (Å²) < 4.78 is 10.8. The third kappa shape index (κ3) is 3.09. The highest BCUT2D eigenvalue weighted by Gasteiger charge is 2.14. The summed E-state index contributed by atoms with van der Waals surface area (Å²) in [5, 5.41) is 4.90. The van der Waals surface area contributed by atoms with Gasteiger partial charge in [-0.05, 0) is 48.9 Å². The van der Waals surface area contributed by atoms with E-state index in [1.165, 1.54) is 6.07 Å². The van der Waals surface area contributed by atoms with Crippen molar-refractivity contribution in [1.82, 2.24) is 5.32 Å². The molecule has 0 saturated carbocycles. The molecule has 2 aromatic heterocycles. The fourth-order valence-electron chi connectivity index (χ4n) is 2.88. The molecular weight excluding hydrogens is 354 g/mol. The van der Waals surface area contributed by atoms with E-state index in [4.69, 9.17) is 20.4 Å². The normalized spacial score (nSPS) is 11.2. The van der Waals surface area contributed by atoms with Crippen molar-refractivity contribution in [2.24, 2.45) is 0 Å². The Morgan fingerprint density at radius 2 is 1.85 bits per heavy atom. The first kappa shape index (κ1) is 16.4. The van der Waals surface area contributed by atoms with Crippen LogP contribution in [0.2, 0.25) is 5.02 Å². The average Bonchev–Trinajstić information content (AvgIpc) is 3.03. The molecule has 1 amide bonds. The van der Waals surface area contributed by atoms with Crippen molar-refractivity contribution in [2.45, 2.75) is 13.5 Å². The number of nitrogens with one attached hydrogen (secondary N) is 1. The zero-order valence-electron chi connectivity index (χ0n) is 13.8.